The zero-order chi connectivity index (χ0) is 19.4. The second kappa shape index (κ2) is 8.31. The predicted molar refractivity (Wildman–Crippen MR) is 107 cm³/mol. The number of carbonyl (C=O) groups is 1. The number of rotatable bonds is 5. The van der Waals surface area contributed by atoms with Gasteiger partial charge >= 0.3 is 0 Å². The zero-order valence-corrected chi connectivity index (χ0v) is 16.8. The van der Waals surface area contributed by atoms with Crippen LogP contribution >= 0.6 is 11.6 Å². The molecule has 1 amide bonds. The smallest absolute Gasteiger partial charge is 0.264 e. The maximum atomic E-state index is 13.2. The van der Waals surface area contributed by atoms with E-state index in [1.807, 2.05) is 6.07 Å². The molecule has 0 aromatic heterocycles. The number of hydrogen-bond donors (Lipinski definition) is 0. The van der Waals surface area contributed by atoms with Crippen molar-refractivity contribution in [2.75, 3.05) is 23.9 Å². The van der Waals surface area contributed by atoms with Crippen LogP contribution in [0.4, 0.5) is 5.69 Å². The lowest BCUT2D eigenvalue weighted by atomic mass is 10.0. The molecule has 2 aromatic carbocycles. The summed E-state index contributed by atoms with van der Waals surface area (Å²) in [4.78, 5) is 14.7. The SMILES string of the molecule is CC1CCCN(C(=O)CN(c2ccccc2)S(=O)(=O)c2ccc(Cl)cc2)C1. The molecule has 2 aromatic rings. The number of likely N-dealkylation sites (tertiary alicyclic amines) is 1. The third-order valence-corrected chi connectivity index (χ3v) is 6.77. The van der Waals surface area contributed by atoms with Crippen molar-refractivity contribution in [2.24, 2.45) is 5.92 Å². The van der Waals surface area contributed by atoms with Gasteiger partial charge in [0.15, 0.2) is 0 Å². The van der Waals surface area contributed by atoms with E-state index >= 15 is 0 Å². The average molecular weight is 407 g/mol. The first-order valence-electron chi connectivity index (χ1n) is 8.99. The molecule has 3 rings (SSSR count). The number of amides is 1. The Morgan fingerprint density at radius 1 is 1.15 bits per heavy atom. The molecule has 5 nitrogen and oxygen atoms in total. The number of para-hydroxylation sites is 1. The fraction of sp³-hybridized carbons (Fsp3) is 0.350. The van der Waals surface area contributed by atoms with Crippen LogP contribution in [0.3, 0.4) is 0 Å². The fourth-order valence-corrected chi connectivity index (χ4v) is 4.82. The highest BCUT2D eigenvalue weighted by Gasteiger charge is 2.30. The minimum absolute atomic E-state index is 0.107. The summed E-state index contributed by atoms with van der Waals surface area (Å²) in [5.41, 5.74) is 0.464. The van der Waals surface area contributed by atoms with Crippen LogP contribution in [0.5, 0.6) is 0 Å². The van der Waals surface area contributed by atoms with Crippen molar-refractivity contribution in [1.82, 2.24) is 4.90 Å². The normalized spacial score (nSPS) is 17.6. The molecule has 0 N–H and O–H groups in total. The Balaban J connectivity index is 1.92. The van der Waals surface area contributed by atoms with Crippen LogP contribution in [0.2, 0.25) is 5.02 Å². The van der Waals surface area contributed by atoms with Gasteiger partial charge in [-0.05, 0) is 55.2 Å². The number of piperidine rings is 1. The lowest BCUT2D eigenvalue weighted by Gasteiger charge is -2.33. The minimum Gasteiger partial charge on any atom is -0.341 e. The van der Waals surface area contributed by atoms with Crippen LogP contribution in [0, 0.1) is 5.92 Å². The van der Waals surface area contributed by atoms with E-state index in [-0.39, 0.29) is 17.3 Å². The van der Waals surface area contributed by atoms with Crippen LogP contribution in [-0.2, 0) is 14.8 Å². The van der Waals surface area contributed by atoms with Crippen molar-refractivity contribution in [3.8, 4) is 0 Å². The summed E-state index contributed by atoms with van der Waals surface area (Å²) in [6, 6.07) is 14.7. The highest BCUT2D eigenvalue weighted by molar-refractivity contribution is 7.92. The molecule has 1 unspecified atom stereocenters. The highest BCUT2D eigenvalue weighted by Crippen LogP contribution is 2.25. The molecular formula is C20H23ClN2O3S. The van der Waals surface area contributed by atoms with Crippen LogP contribution in [0.25, 0.3) is 0 Å². The van der Waals surface area contributed by atoms with E-state index in [1.165, 1.54) is 28.6 Å². The molecule has 27 heavy (non-hydrogen) atoms. The van der Waals surface area contributed by atoms with Gasteiger partial charge in [-0.25, -0.2) is 8.42 Å². The number of halogens is 1. The van der Waals surface area contributed by atoms with E-state index in [9.17, 15) is 13.2 Å². The van der Waals surface area contributed by atoms with Crippen molar-refractivity contribution in [3.05, 3.63) is 59.6 Å². The molecule has 1 fully saturated rings. The van der Waals surface area contributed by atoms with E-state index in [0.29, 0.717) is 29.7 Å². The Labute approximate surface area is 165 Å². The minimum atomic E-state index is -3.89. The van der Waals surface area contributed by atoms with Crippen molar-refractivity contribution < 1.29 is 13.2 Å². The maximum Gasteiger partial charge on any atom is 0.264 e. The Morgan fingerprint density at radius 3 is 2.44 bits per heavy atom. The van der Waals surface area contributed by atoms with E-state index < -0.39 is 10.0 Å². The maximum absolute atomic E-state index is 13.2. The number of sulfonamides is 1. The Hall–Kier alpha value is -2.05. The van der Waals surface area contributed by atoms with Gasteiger partial charge in [0.05, 0.1) is 10.6 Å². The van der Waals surface area contributed by atoms with E-state index in [0.717, 1.165) is 12.8 Å². The summed E-state index contributed by atoms with van der Waals surface area (Å²) in [6.07, 6.45) is 2.04. The van der Waals surface area contributed by atoms with Gasteiger partial charge in [-0.2, -0.15) is 0 Å². The molecule has 1 aliphatic rings. The summed E-state index contributed by atoms with van der Waals surface area (Å²) in [7, 11) is -3.89. The third kappa shape index (κ3) is 4.62. The lowest BCUT2D eigenvalue weighted by Crippen LogP contribution is -2.46. The highest BCUT2D eigenvalue weighted by atomic mass is 35.5. The van der Waals surface area contributed by atoms with Gasteiger partial charge in [0.25, 0.3) is 10.0 Å². The molecule has 0 radical (unpaired) electrons. The van der Waals surface area contributed by atoms with E-state index in [1.54, 1.807) is 29.2 Å². The number of nitrogens with zero attached hydrogens (tertiary/aromatic N) is 2. The molecule has 0 bridgehead atoms. The molecule has 1 saturated heterocycles. The van der Waals surface area contributed by atoms with Crippen LogP contribution < -0.4 is 4.31 Å². The van der Waals surface area contributed by atoms with Gasteiger partial charge in [-0.3, -0.25) is 9.10 Å². The second-order valence-corrected chi connectivity index (χ2v) is 9.19. The topological polar surface area (TPSA) is 57.7 Å². The Kier molecular flexibility index (Phi) is 6.07. The largest absolute Gasteiger partial charge is 0.341 e. The van der Waals surface area contributed by atoms with Crippen molar-refractivity contribution >= 4 is 33.2 Å². The summed E-state index contributed by atoms with van der Waals surface area (Å²) >= 11 is 5.89. The van der Waals surface area contributed by atoms with Crippen molar-refractivity contribution in [1.29, 1.82) is 0 Å². The van der Waals surface area contributed by atoms with Gasteiger partial charge in [0, 0.05) is 18.1 Å². The fourth-order valence-electron chi connectivity index (χ4n) is 3.28. The first-order chi connectivity index (χ1) is 12.9. The van der Waals surface area contributed by atoms with E-state index in [2.05, 4.69) is 6.92 Å². The number of benzene rings is 2. The molecule has 1 atom stereocenters. The summed E-state index contributed by atoms with van der Waals surface area (Å²) < 4.78 is 27.7. The van der Waals surface area contributed by atoms with Crippen molar-refractivity contribution in [2.45, 2.75) is 24.7 Å². The molecule has 0 spiro atoms. The second-order valence-electron chi connectivity index (χ2n) is 6.89. The number of anilines is 1. The summed E-state index contributed by atoms with van der Waals surface area (Å²) in [5, 5.41) is 0.457. The quantitative estimate of drug-likeness (QED) is 0.758. The standard InChI is InChI=1S/C20H23ClN2O3S/c1-16-6-5-13-22(14-16)20(24)15-23(18-7-3-2-4-8-18)27(25,26)19-11-9-17(21)10-12-19/h2-4,7-12,16H,5-6,13-15H2,1H3. The molecule has 1 heterocycles. The Morgan fingerprint density at radius 2 is 1.81 bits per heavy atom. The first-order valence-corrected chi connectivity index (χ1v) is 10.8. The molecular weight excluding hydrogens is 384 g/mol. The average Bonchev–Trinajstić information content (AvgIpc) is 2.67. The lowest BCUT2D eigenvalue weighted by molar-refractivity contribution is -0.131. The van der Waals surface area contributed by atoms with Gasteiger partial charge in [0.2, 0.25) is 5.91 Å². The molecule has 7 heteroatoms. The van der Waals surface area contributed by atoms with Crippen molar-refractivity contribution in [3.63, 3.8) is 0 Å². The van der Waals surface area contributed by atoms with Gasteiger partial charge < -0.3 is 4.90 Å². The molecule has 1 aliphatic heterocycles. The van der Waals surface area contributed by atoms with Crippen LogP contribution in [0.15, 0.2) is 59.5 Å². The summed E-state index contributed by atoms with van der Waals surface area (Å²) in [6.45, 7) is 3.23. The first kappa shape index (κ1) is 19.7. The monoisotopic (exact) mass is 406 g/mol. The molecule has 0 aliphatic carbocycles. The van der Waals surface area contributed by atoms with Crippen LogP contribution in [-0.4, -0.2) is 38.9 Å². The van der Waals surface area contributed by atoms with Gasteiger partial charge in [0.1, 0.15) is 6.54 Å². The Bertz CT molecular complexity index is 885. The number of hydrogen-bond acceptors (Lipinski definition) is 3. The zero-order valence-electron chi connectivity index (χ0n) is 15.2. The summed E-state index contributed by atoms with van der Waals surface area (Å²) in [5.74, 6) is 0.253. The third-order valence-electron chi connectivity index (χ3n) is 4.73. The molecule has 144 valence electrons. The van der Waals surface area contributed by atoms with Crippen LogP contribution in [0.1, 0.15) is 19.8 Å². The number of carbonyl (C=O) groups excluding carboxylic acids is 1. The van der Waals surface area contributed by atoms with Gasteiger partial charge in [-0.15, -0.1) is 0 Å². The van der Waals surface area contributed by atoms with E-state index in [4.69, 9.17) is 11.6 Å². The molecule has 0 saturated carbocycles. The van der Waals surface area contributed by atoms with Gasteiger partial charge in [-0.1, -0.05) is 36.7 Å². The predicted octanol–water partition coefficient (Wildman–Crippen LogP) is 3.79.